The molecular weight excluding hydrogens is 224 g/mol. The van der Waals surface area contributed by atoms with Gasteiger partial charge in [-0.25, -0.2) is 0 Å². The predicted octanol–water partition coefficient (Wildman–Crippen LogP) is 4.43. The van der Waals surface area contributed by atoms with E-state index in [9.17, 15) is 5.11 Å². The Balaban J connectivity index is 3.14. The topological polar surface area (TPSA) is 40.5 Å². The molecule has 0 spiro atoms. The van der Waals surface area contributed by atoms with Crippen LogP contribution in [0.1, 0.15) is 90.9 Å². The van der Waals surface area contributed by atoms with Crippen LogP contribution >= 0.6 is 0 Å². The summed E-state index contributed by atoms with van der Waals surface area (Å²) >= 11 is 0. The summed E-state index contributed by atoms with van der Waals surface area (Å²) in [5.74, 6) is 0. The van der Waals surface area contributed by atoms with E-state index in [0.29, 0.717) is 0 Å². The molecule has 0 rings (SSSR count). The van der Waals surface area contributed by atoms with Crippen molar-refractivity contribution in [3.63, 3.8) is 0 Å². The van der Waals surface area contributed by atoms with Crippen molar-refractivity contribution in [1.29, 1.82) is 0 Å². The van der Waals surface area contributed by atoms with Gasteiger partial charge in [0, 0.05) is 0 Å². The van der Waals surface area contributed by atoms with E-state index in [-0.39, 0.29) is 12.2 Å². The Hall–Kier alpha value is -0.0800. The molecule has 0 aromatic carbocycles. The molecule has 18 heavy (non-hydrogen) atoms. The van der Waals surface area contributed by atoms with Crippen molar-refractivity contribution in [2.24, 2.45) is 0 Å². The van der Waals surface area contributed by atoms with Crippen molar-refractivity contribution in [3.05, 3.63) is 0 Å². The predicted molar refractivity (Wildman–Crippen MR) is 78.8 cm³/mol. The van der Waals surface area contributed by atoms with Gasteiger partial charge in [0.2, 0.25) is 0 Å². The first-order chi connectivity index (χ1) is 8.66. The lowest BCUT2D eigenvalue weighted by molar-refractivity contribution is 0.146. The van der Waals surface area contributed by atoms with Crippen LogP contribution in [0.5, 0.6) is 0 Å². The van der Waals surface area contributed by atoms with Gasteiger partial charge in [0.1, 0.15) is 0 Å². The van der Waals surface area contributed by atoms with Crippen molar-refractivity contribution in [2.45, 2.75) is 103 Å². The van der Waals surface area contributed by atoms with E-state index in [1.807, 2.05) is 6.92 Å². The molecule has 0 saturated carbocycles. The second-order valence-electron chi connectivity index (χ2n) is 5.70. The van der Waals surface area contributed by atoms with Gasteiger partial charge in [-0.1, -0.05) is 64.7 Å². The van der Waals surface area contributed by atoms with Crippen LogP contribution in [0, 0.1) is 0 Å². The molecule has 0 aromatic heterocycles. The highest BCUT2D eigenvalue weighted by atomic mass is 16.3. The molecule has 0 bridgehead atoms. The van der Waals surface area contributed by atoms with E-state index < -0.39 is 0 Å². The van der Waals surface area contributed by atoms with Gasteiger partial charge in [-0.3, -0.25) is 0 Å². The summed E-state index contributed by atoms with van der Waals surface area (Å²) in [6, 6.07) is 0. The van der Waals surface area contributed by atoms with E-state index in [4.69, 9.17) is 5.11 Å². The number of rotatable bonds is 13. The number of aliphatic hydroxyl groups is 2. The molecule has 0 aliphatic heterocycles. The maximum atomic E-state index is 9.81. The summed E-state index contributed by atoms with van der Waals surface area (Å²) in [5, 5.41) is 18.9. The Bertz CT molecular complexity index is 157. The largest absolute Gasteiger partial charge is 0.393 e. The van der Waals surface area contributed by atoms with Crippen LogP contribution < -0.4 is 0 Å². The molecule has 0 fully saturated rings. The Kier molecular flexibility index (Phi) is 13.3. The van der Waals surface area contributed by atoms with Crippen molar-refractivity contribution in [1.82, 2.24) is 0 Å². The van der Waals surface area contributed by atoms with Crippen molar-refractivity contribution in [3.8, 4) is 0 Å². The van der Waals surface area contributed by atoms with E-state index in [1.165, 1.54) is 44.9 Å². The lowest BCUT2D eigenvalue weighted by atomic mass is 10.0. The van der Waals surface area contributed by atoms with Crippen LogP contribution in [0.4, 0.5) is 0 Å². The van der Waals surface area contributed by atoms with Crippen LogP contribution in [0.15, 0.2) is 0 Å². The monoisotopic (exact) mass is 258 g/mol. The van der Waals surface area contributed by atoms with Gasteiger partial charge < -0.3 is 10.2 Å². The second kappa shape index (κ2) is 13.4. The van der Waals surface area contributed by atoms with Gasteiger partial charge >= 0.3 is 0 Å². The molecule has 2 unspecified atom stereocenters. The van der Waals surface area contributed by atoms with Gasteiger partial charge in [-0.05, 0) is 26.2 Å². The minimum absolute atomic E-state index is 0.0802. The standard InChI is InChI=1S/C16H34O2/c1-3-4-5-6-10-13-16(18)14-11-8-7-9-12-15(2)17/h15-18H,3-14H2,1-2H3. The van der Waals surface area contributed by atoms with Crippen molar-refractivity contribution < 1.29 is 10.2 Å². The van der Waals surface area contributed by atoms with Gasteiger partial charge in [0.05, 0.1) is 12.2 Å². The molecule has 110 valence electrons. The van der Waals surface area contributed by atoms with Gasteiger partial charge in [-0.2, -0.15) is 0 Å². The number of unbranched alkanes of at least 4 members (excludes halogenated alkanes) is 7. The summed E-state index contributed by atoms with van der Waals surface area (Å²) in [6.07, 6.45) is 13.7. The Morgan fingerprint density at radius 3 is 1.56 bits per heavy atom. The molecule has 0 radical (unpaired) electrons. The quantitative estimate of drug-likeness (QED) is 0.480. The lowest BCUT2D eigenvalue weighted by Gasteiger charge is -2.10. The number of aliphatic hydroxyl groups excluding tert-OH is 2. The molecule has 0 aromatic rings. The summed E-state index contributed by atoms with van der Waals surface area (Å²) < 4.78 is 0. The zero-order valence-electron chi connectivity index (χ0n) is 12.5. The molecule has 2 atom stereocenters. The Morgan fingerprint density at radius 2 is 1.11 bits per heavy atom. The normalized spacial score (nSPS) is 14.7. The molecule has 0 amide bonds. The highest BCUT2D eigenvalue weighted by Gasteiger charge is 2.03. The first kappa shape index (κ1) is 17.9. The van der Waals surface area contributed by atoms with Crippen LogP contribution in [0.2, 0.25) is 0 Å². The summed E-state index contributed by atoms with van der Waals surface area (Å²) in [7, 11) is 0. The smallest absolute Gasteiger partial charge is 0.0540 e. The average molecular weight is 258 g/mol. The van der Waals surface area contributed by atoms with Crippen LogP contribution in [-0.4, -0.2) is 22.4 Å². The number of hydrogen-bond donors (Lipinski definition) is 2. The zero-order chi connectivity index (χ0) is 13.6. The molecule has 2 N–H and O–H groups in total. The highest BCUT2D eigenvalue weighted by molar-refractivity contribution is 4.57. The van der Waals surface area contributed by atoms with Gasteiger partial charge in [-0.15, -0.1) is 0 Å². The first-order valence-corrected chi connectivity index (χ1v) is 8.03. The summed E-state index contributed by atoms with van der Waals surface area (Å²) in [4.78, 5) is 0. The fourth-order valence-corrected chi connectivity index (χ4v) is 2.30. The molecule has 0 heterocycles. The fourth-order valence-electron chi connectivity index (χ4n) is 2.30. The summed E-state index contributed by atoms with van der Waals surface area (Å²) in [6.45, 7) is 4.08. The molecule has 2 nitrogen and oxygen atoms in total. The molecule has 0 aliphatic rings. The third-order valence-electron chi connectivity index (χ3n) is 3.55. The van der Waals surface area contributed by atoms with Gasteiger partial charge in [0.15, 0.2) is 0 Å². The molecule has 0 saturated heterocycles. The average Bonchev–Trinajstić information content (AvgIpc) is 2.33. The molecular formula is C16H34O2. The first-order valence-electron chi connectivity index (χ1n) is 8.03. The third-order valence-corrected chi connectivity index (χ3v) is 3.55. The number of hydrogen-bond acceptors (Lipinski definition) is 2. The highest BCUT2D eigenvalue weighted by Crippen LogP contribution is 2.13. The SMILES string of the molecule is CCCCCCCC(O)CCCCCCC(C)O. The van der Waals surface area contributed by atoms with Crippen molar-refractivity contribution in [2.75, 3.05) is 0 Å². The maximum absolute atomic E-state index is 9.81. The van der Waals surface area contributed by atoms with Crippen molar-refractivity contribution >= 4 is 0 Å². The summed E-state index contributed by atoms with van der Waals surface area (Å²) in [5.41, 5.74) is 0. The third kappa shape index (κ3) is 14.0. The Labute approximate surface area is 114 Å². The van der Waals surface area contributed by atoms with E-state index >= 15 is 0 Å². The maximum Gasteiger partial charge on any atom is 0.0540 e. The minimum Gasteiger partial charge on any atom is -0.393 e. The van der Waals surface area contributed by atoms with E-state index in [1.54, 1.807) is 0 Å². The molecule has 2 heteroatoms. The van der Waals surface area contributed by atoms with Gasteiger partial charge in [0.25, 0.3) is 0 Å². The second-order valence-corrected chi connectivity index (χ2v) is 5.70. The van der Waals surface area contributed by atoms with E-state index in [2.05, 4.69) is 6.92 Å². The Morgan fingerprint density at radius 1 is 0.667 bits per heavy atom. The minimum atomic E-state index is -0.154. The molecule has 0 aliphatic carbocycles. The van der Waals surface area contributed by atoms with Crippen LogP contribution in [0.3, 0.4) is 0 Å². The van der Waals surface area contributed by atoms with Crippen LogP contribution in [-0.2, 0) is 0 Å². The zero-order valence-corrected chi connectivity index (χ0v) is 12.5. The van der Waals surface area contributed by atoms with E-state index in [0.717, 1.165) is 32.1 Å². The fraction of sp³-hybridized carbons (Fsp3) is 1.00. The lowest BCUT2D eigenvalue weighted by Crippen LogP contribution is -2.06. The van der Waals surface area contributed by atoms with Crippen LogP contribution in [0.25, 0.3) is 0 Å².